The van der Waals surface area contributed by atoms with Crippen LogP contribution in [0.5, 0.6) is 0 Å². The van der Waals surface area contributed by atoms with Crippen molar-refractivity contribution in [2.75, 3.05) is 11.8 Å². The monoisotopic (exact) mass is 440 g/mol. The molecule has 1 aliphatic rings. The van der Waals surface area contributed by atoms with Crippen molar-refractivity contribution in [2.45, 2.75) is 56.3 Å². The molecule has 1 aliphatic carbocycles. The van der Waals surface area contributed by atoms with Crippen molar-refractivity contribution in [3.8, 4) is 0 Å². The van der Waals surface area contributed by atoms with Crippen molar-refractivity contribution < 1.29 is 22.3 Å². The second-order valence-electron chi connectivity index (χ2n) is 7.24. The summed E-state index contributed by atoms with van der Waals surface area (Å²) in [6, 6.07) is 4.86. The van der Waals surface area contributed by atoms with Gasteiger partial charge < -0.3 is 4.74 Å². The van der Waals surface area contributed by atoms with Crippen molar-refractivity contribution in [3.05, 3.63) is 40.7 Å². The molecule has 0 bridgehead atoms. The molecule has 29 heavy (non-hydrogen) atoms. The maximum absolute atomic E-state index is 13.4. The Morgan fingerprint density at radius 1 is 1.38 bits per heavy atom. The first-order valence-corrected chi connectivity index (χ1v) is 12.0. The van der Waals surface area contributed by atoms with Gasteiger partial charge in [-0.2, -0.15) is 0 Å². The topological polar surface area (TPSA) is 85.4 Å². The van der Waals surface area contributed by atoms with Gasteiger partial charge in [-0.1, -0.05) is 32.3 Å². The Hall–Kier alpha value is -2.00. The van der Waals surface area contributed by atoms with Gasteiger partial charge in [0.1, 0.15) is 5.82 Å². The first-order valence-electron chi connectivity index (χ1n) is 9.68. The Balaban J connectivity index is 1.80. The summed E-state index contributed by atoms with van der Waals surface area (Å²) in [5.74, 6) is -0.616. The lowest BCUT2D eigenvalue weighted by molar-refractivity contribution is -0.141. The summed E-state index contributed by atoms with van der Waals surface area (Å²) < 4.78 is 45.8. The highest BCUT2D eigenvalue weighted by atomic mass is 32.2. The van der Waals surface area contributed by atoms with Crippen LogP contribution in [0.4, 0.5) is 9.52 Å². The third-order valence-corrected chi connectivity index (χ3v) is 7.67. The van der Waals surface area contributed by atoms with Crippen LogP contribution < -0.4 is 4.72 Å². The largest absolute Gasteiger partial charge is 0.469 e. The van der Waals surface area contributed by atoms with E-state index in [0.717, 1.165) is 42.3 Å². The number of benzene rings is 1. The maximum Gasteiger partial charge on any atom is 0.305 e. The number of halogens is 1. The number of hydrogen-bond donors (Lipinski definition) is 1. The van der Waals surface area contributed by atoms with Crippen LogP contribution in [0.1, 0.15) is 55.5 Å². The third-order valence-electron chi connectivity index (χ3n) is 5.20. The molecule has 2 atom stereocenters. The molecule has 0 aliphatic heterocycles. The molecule has 2 aromatic rings. The van der Waals surface area contributed by atoms with Gasteiger partial charge in [-0.25, -0.2) is 17.8 Å². The minimum absolute atomic E-state index is 0.110. The molecule has 0 saturated heterocycles. The molecular weight excluding hydrogens is 415 g/mol. The first kappa shape index (κ1) is 21.7. The summed E-state index contributed by atoms with van der Waals surface area (Å²) in [5.41, 5.74) is 0.872. The molecule has 1 N–H and O–H groups in total. The lowest BCUT2D eigenvalue weighted by atomic mass is 9.87. The number of carbonyl (C=O) groups is 1. The zero-order chi connectivity index (χ0) is 21.0. The number of carbonyl (C=O) groups excluding carboxylic acids is 1. The van der Waals surface area contributed by atoms with Gasteiger partial charge in [-0.3, -0.25) is 9.52 Å². The number of esters is 1. The van der Waals surface area contributed by atoms with E-state index in [1.807, 2.05) is 0 Å². The van der Waals surface area contributed by atoms with E-state index in [-0.39, 0.29) is 27.8 Å². The SMILES string of the molecule is CCCCCC1c2nc(NS(=O)(=O)c3cccc(F)c3)sc2CC1CC(=O)OC. The van der Waals surface area contributed by atoms with E-state index in [0.29, 0.717) is 12.8 Å². The number of rotatable bonds is 9. The third kappa shape index (κ3) is 5.14. The normalized spacial score (nSPS) is 18.4. The predicted molar refractivity (Wildman–Crippen MR) is 110 cm³/mol. The van der Waals surface area contributed by atoms with Gasteiger partial charge in [0.15, 0.2) is 5.13 Å². The smallest absolute Gasteiger partial charge is 0.305 e. The first-order chi connectivity index (χ1) is 13.8. The molecule has 1 aromatic heterocycles. The van der Waals surface area contributed by atoms with Gasteiger partial charge in [0.2, 0.25) is 0 Å². The van der Waals surface area contributed by atoms with E-state index in [1.54, 1.807) is 0 Å². The number of anilines is 1. The fourth-order valence-electron chi connectivity index (χ4n) is 3.75. The second-order valence-corrected chi connectivity index (χ2v) is 10.0. The van der Waals surface area contributed by atoms with Gasteiger partial charge in [0.05, 0.1) is 17.7 Å². The predicted octanol–water partition coefficient (Wildman–Crippen LogP) is 4.48. The van der Waals surface area contributed by atoms with Crippen LogP contribution in [0, 0.1) is 11.7 Å². The number of nitrogens with one attached hydrogen (secondary N) is 1. The molecule has 9 heteroatoms. The van der Waals surface area contributed by atoms with Crippen LogP contribution in [0.25, 0.3) is 0 Å². The molecule has 0 fully saturated rings. The zero-order valence-electron chi connectivity index (χ0n) is 16.5. The average Bonchev–Trinajstić information content (AvgIpc) is 3.19. The highest BCUT2D eigenvalue weighted by Gasteiger charge is 2.37. The lowest BCUT2D eigenvalue weighted by Gasteiger charge is -2.18. The van der Waals surface area contributed by atoms with Crippen molar-refractivity contribution in [2.24, 2.45) is 5.92 Å². The molecule has 0 radical (unpaired) electrons. The van der Waals surface area contributed by atoms with Crippen molar-refractivity contribution in [3.63, 3.8) is 0 Å². The highest BCUT2D eigenvalue weighted by molar-refractivity contribution is 7.93. The number of unbranched alkanes of at least 4 members (excludes halogenated alkanes) is 2. The van der Waals surface area contributed by atoms with Gasteiger partial charge in [0, 0.05) is 17.2 Å². The Morgan fingerprint density at radius 2 is 2.17 bits per heavy atom. The molecule has 6 nitrogen and oxygen atoms in total. The molecule has 158 valence electrons. The molecule has 3 rings (SSSR count). The summed E-state index contributed by atoms with van der Waals surface area (Å²) in [4.78, 5) is 17.2. The van der Waals surface area contributed by atoms with E-state index in [9.17, 15) is 17.6 Å². The molecule has 1 heterocycles. The van der Waals surface area contributed by atoms with Gasteiger partial charge >= 0.3 is 5.97 Å². The molecule has 0 amide bonds. The Morgan fingerprint density at radius 3 is 2.86 bits per heavy atom. The second kappa shape index (κ2) is 9.21. The van der Waals surface area contributed by atoms with Crippen LogP contribution in [0.3, 0.4) is 0 Å². The number of fused-ring (bicyclic) bond motifs is 1. The number of aromatic nitrogens is 1. The van der Waals surface area contributed by atoms with Crippen LogP contribution in [-0.4, -0.2) is 26.5 Å². The Kier molecular flexibility index (Phi) is 6.89. The van der Waals surface area contributed by atoms with E-state index >= 15 is 0 Å². The fourth-order valence-corrected chi connectivity index (χ4v) is 6.14. The lowest BCUT2D eigenvalue weighted by Crippen LogP contribution is -2.16. The van der Waals surface area contributed by atoms with Crippen molar-refractivity contribution >= 4 is 32.5 Å². The van der Waals surface area contributed by atoms with Crippen LogP contribution >= 0.6 is 11.3 Å². The number of nitrogens with zero attached hydrogens (tertiary/aromatic N) is 1. The molecule has 0 saturated carbocycles. The number of sulfonamides is 1. The molecule has 0 spiro atoms. The van der Waals surface area contributed by atoms with Crippen molar-refractivity contribution in [1.82, 2.24) is 4.98 Å². The molecule has 2 unspecified atom stereocenters. The maximum atomic E-state index is 13.4. The van der Waals surface area contributed by atoms with Gasteiger partial charge in [-0.15, -0.1) is 11.3 Å². The van der Waals surface area contributed by atoms with E-state index in [2.05, 4.69) is 16.6 Å². The van der Waals surface area contributed by atoms with E-state index < -0.39 is 15.8 Å². The summed E-state index contributed by atoms with van der Waals surface area (Å²) in [5, 5.41) is 0.274. The standard InChI is InChI=1S/C20H25FN2O4S2/c1-3-4-5-9-16-13(11-18(24)27-2)10-17-19(16)22-20(28-17)23-29(25,26)15-8-6-7-14(21)12-15/h6-8,12-13,16H,3-5,9-11H2,1-2H3,(H,22,23). The van der Waals surface area contributed by atoms with Crippen molar-refractivity contribution in [1.29, 1.82) is 0 Å². The summed E-state index contributed by atoms with van der Waals surface area (Å²) >= 11 is 1.28. The van der Waals surface area contributed by atoms with E-state index in [4.69, 9.17) is 4.74 Å². The minimum Gasteiger partial charge on any atom is -0.469 e. The average molecular weight is 441 g/mol. The van der Waals surface area contributed by atoms with Crippen LogP contribution in [-0.2, 0) is 26.0 Å². The quantitative estimate of drug-likeness (QED) is 0.459. The Bertz CT molecular complexity index is 975. The molecule has 1 aromatic carbocycles. The summed E-state index contributed by atoms with van der Waals surface area (Å²) in [6.45, 7) is 2.13. The number of ether oxygens (including phenoxy) is 1. The zero-order valence-corrected chi connectivity index (χ0v) is 18.1. The van der Waals surface area contributed by atoms with Gasteiger partial charge in [0.25, 0.3) is 10.0 Å². The fraction of sp³-hybridized carbons (Fsp3) is 0.500. The van der Waals surface area contributed by atoms with Crippen LogP contribution in [0.15, 0.2) is 29.2 Å². The Labute approximate surface area is 174 Å². The summed E-state index contributed by atoms with van der Waals surface area (Å²) in [6.07, 6.45) is 5.14. The number of thiazole rings is 1. The number of methoxy groups -OCH3 is 1. The van der Waals surface area contributed by atoms with Crippen LogP contribution in [0.2, 0.25) is 0 Å². The number of hydrogen-bond acceptors (Lipinski definition) is 6. The minimum atomic E-state index is -3.91. The highest BCUT2D eigenvalue weighted by Crippen LogP contribution is 2.46. The molecular formula is C20H25FN2O4S2. The van der Waals surface area contributed by atoms with E-state index in [1.165, 1.54) is 36.6 Å². The summed E-state index contributed by atoms with van der Waals surface area (Å²) in [7, 11) is -2.53. The van der Waals surface area contributed by atoms with Gasteiger partial charge in [-0.05, 0) is 37.0 Å².